The molecule has 0 atom stereocenters. The highest BCUT2D eigenvalue weighted by Gasteiger charge is 2.18. The Kier molecular flexibility index (Phi) is 4.81. The molecule has 1 saturated carbocycles. The van der Waals surface area contributed by atoms with Gasteiger partial charge < -0.3 is 4.98 Å². The predicted molar refractivity (Wildman–Crippen MR) is 103 cm³/mol. The molecule has 0 bridgehead atoms. The largest absolute Gasteiger partial charge is 0.333 e. The van der Waals surface area contributed by atoms with Crippen LogP contribution in [0.4, 0.5) is 0 Å². The molecule has 24 heavy (non-hydrogen) atoms. The second kappa shape index (κ2) is 7.19. The minimum atomic E-state index is 0.793. The monoisotopic (exact) mass is 355 g/mol. The normalized spacial score (nSPS) is 15.4. The molecule has 1 N–H and O–H groups in total. The molecule has 3 aromatic rings. The zero-order valence-corrected chi connectivity index (χ0v) is 15.4. The van der Waals surface area contributed by atoms with Crippen LogP contribution < -0.4 is 0 Å². The number of fused-ring (bicyclic) bond motifs is 1. The van der Waals surface area contributed by atoms with Gasteiger partial charge in [0.25, 0.3) is 0 Å². The summed E-state index contributed by atoms with van der Waals surface area (Å²) in [6.45, 7) is 2.21. The summed E-state index contributed by atoms with van der Waals surface area (Å²) in [6.07, 6.45) is 7.44. The van der Waals surface area contributed by atoms with Crippen LogP contribution in [0.1, 0.15) is 36.9 Å². The van der Waals surface area contributed by atoms with Gasteiger partial charge >= 0.3 is 0 Å². The summed E-state index contributed by atoms with van der Waals surface area (Å²) in [6, 6.07) is 10.3. The molecule has 2 aromatic heterocycles. The number of nitrogens with zero attached hydrogens (tertiary/aromatic N) is 2. The summed E-state index contributed by atoms with van der Waals surface area (Å²) < 4.78 is 0. The predicted octanol–water partition coefficient (Wildman–Crippen LogP) is 5.59. The summed E-state index contributed by atoms with van der Waals surface area (Å²) in [5.41, 5.74) is 4.62. The molecule has 0 amide bonds. The van der Waals surface area contributed by atoms with E-state index < -0.39 is 0 Å². The van der Waals surface area contributed by atoms with Crippen molar-refractivity contribution in [2.24, 2.45) is 0 Å². The average molecular weight is 356 g/mol. The van der Waals surface area contributed by atoms with Crippen LogP contribution in [0.5, 0.6) is 0 Å². The molecule has 1 aliphatic carbocycles. The maximum Gasteiger partial charge on any atom is 0.166 e. The van der Waals surface area contributed by atoms with Crippen LogP contribution in [0.25, 0.3) is 11.0 Å². The maximum absolute atomic E-state index is 4.64. The zero-order chi connectivity index (χ0) is 16.4. The molecular weight excluding hydrogens is 334 g/mol. The molecule has 4 rings (SSSR count). The Morgan fingerprint density at radius 2 is 2.00 bits per heavy atom. The summed E-state index contributed by atoms with van der Waals surface area (Å²) in [5, 5.41) is 1.76. The van der Waals surface area contributed by atoms with Crippen molar-refractivity contribution in [1.82, 2.24) is 15.0 Å². The van der Waals surface area contributed by atoms with E-state index in [-0.39, 0.29) is 0 Å². The van der Waals surface area contributed by atoms with Crippen LogP contribution in [-0.2, 0) is 5.75 Å². The Morgan fingerprint density at radius 1 is 1.17 bits per heavy atom. The highest BCUT2D eigenvalue weighted by Crippen LogP contribution is 2.37. The molecule has 0 saturated heterocycles. The second-order valence-electron chi connectivity index (χ2n) is 6.25. The fourth-order valence-electron chi connectivity index (χ4n) is 3.15. The molecule has 1 aromatic carbocycles. The first-order valence-electron chi connectivity index (χ1n) is 8.48. The highest BCUT2D eigenvalue weighted by atomic mass is 32.2. The molecule has 1 aliphatic rings. The van der Waals surface area contributed by atoms with Gasteiger partial charge in [-0.2, -0.15) is 0 Å². The van der Waals surface area contributed by atoms with Gasteiger partial charge in [-0.1, -0.05) is 36.7 Å². The summed E-state index contributed by atoms with van der Waals surface area (Å²) in [4.78, 5) is 14.0. The standard InChI is InChI=1S/C19H21N3S2/c1-13-17(20-11-10-18(13)24-14-6-2-3-7-14)12-23-19-21-15-8-4-5-9-16(15)22-19/h4-5,8-11,14H,2-3,6-7,12H2,1H3,(H,21,22). The lowest BCUT2D eigenvalue weighted by Gasteiger charge is -2.13. The third kappa shape index (κ3) is 3.47. The van der Waals surface area contributed by atoms with Crippen molar-refractivity contribution < 1.29 is 0 Å². The van der Waals surface area contributed by atoms with Crippen molar-refractivity contribution in [2.45, 2.75) is 53.7 Å². The minimum absolute atomic E-state index is 0.793. The van der Waals surface area contributed by atoms with E-state index in [4.69, 9.17) is 0 Å². The lowest BCUT2D eigenvalue weighted by Crippen LogP contribution is -1.98. The van der Waals surface area contributed by atoms with Crippen molar-refractivity contribution in [3.8, 4) is 0 Å². The highest BCUT2D eigenvalue weighted by molar-refractivity contribution is 8.00. The van der Waals surface area contributed by atoms with Crippen LogP contribution >= 0.6 is 23.5 Å². The third-order valence-electron chi connectivity index (χ3n) is 4.57. The quantitative estimate of drug-likeness (QED) is 0.605. The van der Waals surface area contributed by atoms with E-state index in [1.54, 1.807) is 11.8 Å². The second-order valence-corrected chi connectivity index (χ2v) is 8.56. The molecule has 2 heterocycles. The van der Waals surface area contributed by atoms with Crippen LogP contribution in [0.3, 0.4) is 0 Å². The first-order valence-corrected chi connectivity index (χ1v) is 10.3. The number of imidazole rings is 1. The van der Waals surface area contributed by atoms with Gasteiger partial charge in [-0.25, -0.2) is 4.98 Å². The van der Waals surface area contributed by atoms with Crippen molar-refractivity contribution >= 4 is 34.6 Å². The van der Waals surface area contributed by atoms with Crippen LogP contribution in [0.15, 0.2) is 46.6 Å². The number of benzene rings is 1. The van der Waals surface area contributed by atoms with E-state index in [2.05, 4.69) is 34.0 Å². The Hall–Kier alpha value is -1.46. The molecular formula is C19H21N3S2. The molecule has 1 fully saturated rings. The Balaban J connectivity index is 1.47. The van der Waals surface area contributed by atoms with E-state index in [1.807, 2.05) is 36.2 Å². The summed E-state index contributed by atoms with van der Waals surface area (Å²) in [7, 11) is 0. The fraction of sp³-hybridized carbons (Fsp3) is 0.368. The van der Waals surface area contributed by atoms with Crippen LogP contribution in [0, 0.1) is 6.92 Å². The van der Waals surface area contributed by atoms with E-state index in [0.29, 0.717) is 0 Å². The van der Waals surface area contributed by atoms with Crippen molar-refractivity contribution in [3.63, 3.8) is 0 Å². The van der Waals surface area contributed by atoms with Gasteiger partial charge in [0.05, 0.1) is 16.7 Å². The van der Waals surface area contributed by atoms with Crippen LogP contribution in [0.2, 0.25) is 0 Å². The fourth-order valence-corrected chi connectivity index (χ4v) is 5.42. The molecule has 0 radical (unpaired) electrons. The van der Waals surface area contributed by atoms with Crippen molar-refractivity contribution in [2.75, 3.05) is 0 Å². The van der Waals surface area contributed by atoms with Gasteiger partial charge in [-0.05, 0) is 43.5 Å². The molecule has 0 unspecified atom stereocenters. The van der Waals surface area contributed by atoms with E-state index in [0.717, 1.165) is 27.2 Å². The zero-order valence-electron chi connectivity index (χ0n) is 13.8. The molecule has 5 heteroatoms. The molecule has 3 nitrogen and oxygen atoms in total. The summed E-state index contributed by atoms with van der Waals surface area (Å²) >= 11 is 3.77. The minimum Gasteiger partial charge on any atom is -0.333 e. The number of aromatic nitrogens is 3. The SMILES string of the molecule is Cc1c(SC2CCCC2)ccnc1CSc1nc2ccccc2[nH]1. The topological polar surface area (TPSA) is 41.6 Å². The van der Waals surface area contributed by atoms with Gasteiger partial charge in [-0.15, -0.1) is 11.8 Å². The Bertz CT molecular complexity index is 804. The third-order valence-corrected chi connectivity index (χ3v) is 6.95. The molecule has 124 valence electrons. The number of aromatic amines is 1. The Morgan fingerprint density at radius 3 is 2.83 bits per heavy atom. The number of nitrogens with one attached hydrogen (secondary N) is 1. The Labute approximate surface area is 151 Å². The van der Waals surface area contributed by atoms with E-state index >= 15 is 0 Å². The summed E-state index contributed by atoms with van der Waals surface area (Å²) in [5.74, 6) is 0.852. The lowest BCUT2D eigenvalue weighted by atomic mass is 10.2. The smallest absolute Gasteiger partial charge is 0.166 e. The number of H-pyrrole nitrogens is 1. The molecule has 0 aliphatic heterocycles. The van der Waals surface area contributed by atoms with Crippen molar-refractivity contribution in [1.29, 1.82) is 0 Å². The maximum atomic E-state index is 4.64. The number of thioether (sulfide) groups is 2. The number of rotatable bonds is 5. The van der Waals surface area contributed by atoms with Gasteiger partial charge in [-0.3, -0.25) is 4.98 Å². The van der Waals surface area contributed by atoms with Gasteiger partial charge in [0.2, 0.25) is 0 Å². The number of hydrogen-bond acceptors (Lipinski definition) is 4. The first kappa shape index (κ1) is 16.0. The lowest BCUT2D eigenvalue weighted by molar-refractivity contribution is 0.886. The molecule has 0 spiro atoms. The van der Waals surface area contributed by atoms with Gasteiger partial charge in [0.15, 0.2) is 5.16 Å². The first-order chi connectivity index (χ1) is 11.8. The number of pyridine rings is 1. The number of para-hydroxylation sites is 2. The van der Waals surface area contributed by atoms with E-state index in [9.17, 15) is 0 Å². The number of hydrogen-bond donors (Lipinski definition) is 1. The van der Waals surface area contributed by atoms with Gasteiger partial charge in [0, 0.05) is 22.1 Å². The van der Waals surface area contributed by atoms with E-state index in [1.165, 1.54) is 41.8 Å². The van der Waals surface area contributed by atoms with Crippen LogP contribution in [-0.4, -0.2) is 20.2 Å². The van der Waals surface area contributed by atoms with Crippen molar-refractivity contribution in [3.05, 3.63) is 47.8 Å². The van der Waals surface area contributed by atoms with Gasteiger partial charge in [0.1, 0.15) is 0 Å². The average Bonchev–Trinajstić information content (AvgIpc) is 3.24.